The van der Waals surface area contributed by atoms with Crippen LogP contribution in [0.15, 0.2) is 42.6 Å². The molecule has 112 valence electrons. The van der Waals surface area contributed by atoms with Gasteiger partial charge in [0.25, 0.3) is 0 Å². The number of carbonyl (C=O) groups excluding carboxylic acids is 2. The second-order valence-electron chi connectivity index (χ2n) is 5.44. The van der Waals surface area contributed by atoms with Crippen LogP contribution in [-0.4, -0.2) is 23.8 Å². The number of nitrogens with one attached hydrogen (secondary N) is 1. The van der Waals surface area contributed by atoms with E-state index in [9.17, 15) is 9.59 Å². The minimum atomic E-state index is -0.464. The SMILES string of the molecule is Cc1cc(NC(=O)C2CC(=O)N(C)c3ccccc32)ccn1. The van der Waals surface area contributed by atoms with Crippen LogP contribution in [0.4, 0.5) is 11.4 Å². The first-order chi connectivity index (χ1) is 10.6. The highest BCUT2D eigenvalue weighted by Gasteiger charge is 2.33. The fourth-order valence-electron chi connectivity index (χ4n) is 2.73. The van der Waals surface area contributed by atoms with Gasteiger partial charge in [-0.15, -0.1) is 0 Å². The first-order valence-electron chi connectivity index (χ1n) is 7.15. The zero-order valence-electron chi connectivity index (χ0n) is 12.5. The Kier molecular flexibility index (Phi) is 3.63. The number of fused-ring (bicyclic) bond motifs is 1. The lowest BCUT2D eigenvalue weighted by Gasteiger charge is -2.30. The summed E-state index contributed by atoms with van der Waals surface area (Å²) in [5.41, 5.74) is 3.21. The van der Waals surface area contributed by atoms with Gasteiger partial charge in [-0.05, 0) is 30.7 Å². The lowest BCUT2D eigenvalue weighted by atomic mass is 9.89. The zero-order valence-corrected chi connectivity index (χ0v) is 12.5. The van der Waals surface area contributed by atoms with Gasteiger partial charge in [0.05, 0.1) is 5.92 Å². The van der Waals surface area contributed by atoms with Gasteiger partial charge in [-0.3, -0.25) is 14.6 Å². The Bertz CT molecular complexity index is 742. The first-order valence-corrected chi connectivity index (χ1v) is 7.15. The molecule has 1 atom stereocenters. The Morgan fingerprint density at radius 3 is 2.86 bits per heavy atom. The predicted octanol–water partition coefficient (Wildman–Crippen LogP) is 2.48. The third-order valence-electron chi connectivity index (χ3n) is 3.91. The smallest absolute Gasteiger partial charge is 0.232 e. The van der Waals surface area contributed by atoms with Crippen LogP contribution in [0.1, 0.15) is 23.6 Å². The standard InChI is InChI=1S/C17H17N3O2/c1-11-9-12(7-8-18-11)19-17(22)14-10-16(21)20(2)15-6-4-3-5-13(14)15/h3-9,14H,10H2,1-2H3,(H,18,19,22). The van der Waals surface area contributed by atoms with E-state index < -0.39 is 5.92 Å². The Labute approximate surface area is 129 Å². The molecule has 5 nitrogen and oxygen atoms in total. The molecule has 1 aliphatic heterocycles. The van der Waals surface area contributed by atoms with E-state index in [0.29, 0.717) is 5.69 Å². The monoisotopic (exact) mass is 295 g/mol. The van der Waals surface area contributed by atoms with Crippen LogP contribution < -0.4 is 10.2 Å². The number of hydrogen-bond donors (Lipinski definition) is 1. The number of aryl methyl sites for hydroxylation is 1. The van der Waals surface area contributed by atoms with Crippen molar-refractivity contribution in [2.75, 3.05) is 17.3 Å². The Morgan fingerprint density at radius 1 is 1.32 bits per heavy atom. The van der Waals surface area contributed by atoms with Crippen LogP contribution >= 0.6 is 0 Å². The van der Waals surface area contributed by atoms with Crippen LogP contribution in [-0.2, 0) is 9.59 Å². The van der Waals surface area contributed by atoms with E-state index in [2.05, 4.69) is 10.3 Å². The minimum Gasteiger partial charge on any atom is -0.325 e. The van der Waals surface area contributed by atoms with E-state index in [1.54, 1.807) is 30.3 Å². The van der Waals surface area contributed by atoms with E-state index in [0.717, 1.165) is 16.9 Å². The number of para-hydroxylation sites is 1. The van der Waals surface area contributed by atoms with Gasteiger partial charge in [-0.2, -0.15) is 0 Å². The largest absolute Gasteiger partial charge is 0.325 e. The van der Waals surface area contributed by atoms with Crippen LogP contribution in [0, 0.1) is 6.92 Å². The zero-order chi connectivity index (χ0) is 15.7. The molecule has 0 bridgehead atoms. The summed E-state index contributed by atoms with van der Waals surface area (Å²) < 4.78 is 0. The topological polar surface area (TPSA) is 62.3 Å². The van der Waals surface area contributed by atoms with Gasteiger partial charge in [0.1, 0.15) is 0 Å². The highest BCUT2D eigenvalue weighted by molar-refractivity contribution is 6.05. The lowest BCUT2D eigenvalue weighted by molar-refractivity contribution is -0.124. The third kappa shape index (κ3) is 2.57. The number of carbonyl (C=O) groups is 2. The Balaban J connectivity index is 1.90. The number of nitrogens with zero attached hydrogens (tertiary/aromatic N) is 2. The van der Waals surface area contributed by atoms with Crippen molar-refractivity contribution in [3.05, 3.63) is 53.9 Å². The average molecular weight is 295 g/mol. The van der Waals surface area contributed by atoms with E-state index in [1.165, 1.54) is 0 Å². The molecule has 3 rings (SSSR count). The molecule has 2 amide bonds. The Morgan fingerprint density at radius 2 is 2.09 bits per heavy atom. The van der Waals surface area contributed by atoms with Crippen molar-refractivity contribution in [3.8, 4) is 0 Å². The molecule has 22 heavy (non-hydrogen) atoms. The quantitative estimate of drug-likeness (QED) is 0.926. The maximum absolute atomic E-state index is 12.6. The second kappa shape index (κ2) is 5.60. The molecule has 5 heteroatoms. The molecule has 0 radical (unpaired) electrons. The van der Waals surface area contributed by atoms with Crippen molar-refractivity contribution in [1.82, 2.24) is 4.98 Å². The van der Waals surface area contributed by atoms with Crippen LogP contribution in [0.25, 0.3) is 0 Å². The number of hydrogen-bond acceptors (Lipinski definition) is 3. The van der Waals surface area contributed by atoms with Crippen LogP contribution in [0.3, 0.4) is 0 Å². The van der Waals surface area contributed by atoms with Gasteiger partial charge in [0, 0.05) is 36.7 Å². The number of anilines is 2. The summed E-state index contributed by atoms with van der Waals surface area (Å²) in [6, 6.07) is 11.1. The minimum absolute atomic E-state index is 0.0511. The van der Waals surface area contributed by atoms with E-state index in [1.807, 2.05) is 31.2 Å². The van der Waals surface area contributed by atoms with E-state index in [4.69, 9.17) is 0 Å². The summed E-state index contributed by atoms with van der Waals surface area (Å²) in [5.74, 6) is -0.683. The molecule has 1 unspecified atom stereocenters. The number of amides is 2. The second-order valence-corrected chi connectivity index (χ2v) is 5.44. The number of aromatic nitrogens is 1. The summed E-state index contributed by atoms with van der Waals surface area (Å²) in [6.45, 7) is 1.87. The van der Waals surface area contributed by atoms with Crippen molar-refractivity contribution in [2.24, 2.45) is 0 Å². The molecule has 0 spiro atoms. The van der Waals surface area contributed by atoms with Crippen molar-refractivity contribution < 1.29 is 9.59 Å². The summed E-state index contributed by atoms with van der Waals surface area (Å²) in [4.78, 5) is 30.4. The molecular formula is C17H17N3O2. The van der Waals surface area contributed by atoms with Crippen LogP contribution in [0.2, 0.25) is 0 Å². The Hall–Kier alpha value is -2.69. The van der Waals surface area contributed by atoms with E-state index >= 15 is 0 Å². The molecular weight excluding hydrogens is 278 g/mol. The molecule has 0 fully saturated rings. The highest BCUT2D eigenvalue weighted by atomic mass is 16.2. The van der Waals surface area contributed by atoms with Gasteiger partial charge in [0.15, 0.2) is 0 Å². The first kappa shape index (κ1) is 14.3. The summed E-state index contributed by atoms with van der Waals surface area (Å²) in [7, 11) is 1.74. The molecule has 0 aliphatic carbocycles. The molecule has 1 aromatic heterocycles. The molecule has 0 saturated heterocycles. The fourth-order valence-corrected chi connectivity index (χ4v) is 2.73. The average Bonchev–Trinajstić information content (AvgIpc) is 2.51. The van der Waals surface area contributed by atoms with Crippen molar-refractivity contribution >= 4 is 23.2 Å². The maximum atomic E-state index is 12.6. The molecule has 0 saturated carbocycles. The van der Waals surface area contributed by atoms with Gasteiger partial charge >= 0.3 is 0 Å². The summed E-state index contributed by atoms with van der Waals surface area (Å²) in [6.07, 6.45) is 1.84. The molecule has 2 heterocycles. The van der Waals surface area contributed by atoms with Gasteiger partial charge in [-0.25, -0.2) is 0 Å². The van der Waals surface area contributed by atoms with Crippen molar-refractivity contribution in [1.29, 1.82) is 0 Å². The molecule has 1 aromatic carbocycles. The maximum Gasteiger partial charge on any atom is 0.232 e. The van der Waals surface area contributed by atoms with Gasteiger partial charge in [0.2, 0.25) is 11.8 Å². The molecule has 1 aliphatic rings. The molecule has 2 aromatic rings. The van der Waals surface area contributed by atoms with Crippen LogP contribution in [0.5, 0.6) is 0 Å². The number of benzene rings is 1. The van der Waals surface area contributed by atoms with Gasteiger partial charge in [-0.1, -0.05) is 18.2 Å². The van der Waals surface area contributed by atoms with Crippen molar-refractivity contribution in [3.63, 3.8) is 0 Å². The van der Waals surface area contributed by atoms with Crippen molar-refractivity contribution in [2.45, 2.75) is 19.3 Å². The highest BCUT2D eigenvalue weighted by Crippen LogP contribution is 2.35. The molecule has 1 N–H and O–H groups in total. The summed E-state index contributed by atoms with van der Waals surface area (Å²) in [5, 5.41) is 2.88. The number of pyridine rings is 1. The predicted molar refractivity (Wildman–Crippen MR) is 84.8 cm³/mol. The number of rotatable bonds is 2. The summed E-state index contributed by atoms with van der Waals surface area (Å²) >= 11 is 0. The normalized spacial score (nSPS) is 17.1. The van der Waals surface area contributed by atoms with E-state index in [-0.39, 0.29) is 18.2 Å². The fraction of sp³-hybridized carbons (Fsp3) is 0.235. The lowest BCUT2D eigenvalue weighted by Crippen LogP contribution is -2.37. The third-order valence-corrected chi connectivity index (χ3v) is 3.91. The van der Waals surface area contributed by atoms with Gasteiger partial charge < -0.3 is 10.2 Å².